The average Bonchev–Trinajstić information content (AvgIpc) is 3.26. The highest BCUT2D eigenvalue weighted by atomic mass is 32.1. The van der Waals surface area contributed by atoms with Crippen LogP contribution in [-0.4, -0.2) is 22.5 Å². The molecule has 0 spiro atoms. The minimum Gasteiger partial charge on any atom is -0.483 e. The number of rotatable bonds is 6. The number of carbonyl (C=O) groups excluding carboxylic acids is 1. The molecule has 31 heavy (non-hydrogen) atoms. The summed E-state index contributed by atoms with van der Waals surface area (Å²) in [4.78, 5) is 21.3. The van der Waals surface area contributed by atoms with E-state index >= 15 is 0 Å². The van der Waals surface area contributed by atoms with Crippen LogP contribution >= 0.6 is 11.3 Å². The van der Waals surface area contributed by atoms with Gasteiger partial charge in [-0.05, 0) is 67.8 Å². The monoisotopic (exact) mass is 429 g/mol. The first-order chi connectivity index (χ1) is 15.0. The molecule has 0 aliphatic heterocycles. The van der Waals surface area contributed by atoms with Crippen LogP contribution in [0.5, 0.6) is 5.75 Å². The Hall–Kier alpha value is -3.51. The number of anilines is 1. The van der Waals surface area contributed by atoms with Crippen molar-refractivity contribution in [3.8, 4) is 27.6 Å². The second kappa shape index (κ2) is 9.10. The van der Waals surface area contributed by atoms with Gasteiger partial charge in [0, 0.05) is 34.6 Å². The van der Waals surface area contributed by atoms with E-state index in [2.05, 4.69) is 16.4 Å². The molecule has 0 atom stereocenters. The summed E-state index contributed by atoms with van der Waals surface area (Å²) in [5.41, 5.74) is 6.81. The smallest absolute Gasteiger partial charge is 0.262 e. The lowest BCUT2D eigenvalue weighted by Gasteiger charge is -2.12. The summed E-state index contributed by atoms with van der Waals surface area (Å²) in [6, 6.07) is 15.6. The molecule has 5 nitrogen and oxygen atoms in total. The zero-order chi connectivity index (χ0) is 21.8. The largest absolute Gasteiger partial charge is 0.483 e. The van der Waals surface area contributed by atoms with Gasteiger partial charge < -0.3 is 10.1 Å². The van der Waals surface area contributed by atoms with Gasteiger partial charge >= 0.3 is 0 Å². The van der Waals surface area contributed by atoms with Gasteiger partial charge in [-0.2, -0.15) is 0 Å². The Morgan fingerprint density at radius 2 is 1.90 bits per heavy atom. The van der Waals surface area contributed by atoms with Crippen LogP contribution in [0, 0.1) is 20.8 Å². The Bertz CT molecular complexity index is 1220. The summed E-state index contributed by atoms with van der Waals surface area (Å²) in [6.45, 7) is 6.01. The van der Waals surface area contributed by atoms with E-state index in [9.17, 15) is 4.79 Å². The molecule has 0 unspecified atom stereocenters. The summed E-state index contributed by atoms with van der Waals surface area (Å²) in [5, 5.41) is 5.83. The number of ether oxygens (including phenoxy) is 1. The van der Waals surface area contributed by atoms with E-state index in [0.717, 1.165) is 44.3 Å². The number of hydrogen-bond donors (Lipinski definition) is 1. The number of benzene rings is 2. The molecule has 2 heterocycles. The summed E-state index contributed by atoms with van der Waals surface area (Å²) < 4.78 is 5.77. The zero-order valence-corrected chi connectivity index (χ0v) is 18.5. The fraction of sp³-hybridized carbons (Fsp3) is 0.160. The van der Waals surface area contributed by atoms with E-state index in [0.29, 0.717) is 5.69 Å². The van der Waals surface area contributed by atoms with Crippen molar-refractivity contribution in [1.82, 2.24) is 9.97 Å². The zero-order valence-electron chi connectivity index (χ0n) is 17.7. The molecular weight excluding hydrogens is 406 g/mol. The first-order valence-corrected chi connectivity index (χ1v) is 10.8. The van der Waals surface area contributed by atoms with Crippen LogP contribution in [0.15, 0.2) is 66.3 Å². The number of thiazole rings is 1. The van der Waals surface area contributed by atoms with E-state index in [-0.39, 0.29) is 12.5 Å². The summed E-state index contributed by atoms with van der Waals surface area (Å²) in [5.74, 6) is 0.539. The van der Waals surface area contributed by atoms with Gasteiger partial charge in [-0.15, -0.1) is 11.3 Å². The first kappa shape index (κ1) is 20.8. The Kier molecular flexibility index (Phi) is 6.09. The van der Waals surface area contributed by atoms with Crippen molar-refractivity contribution < 1.29 is 9.53 Å². The van der Waals surface area contributed by atoms with Crippen molar-refractivity contribution in [3.63, 3.8) is 0 Å². The molecule has 156 valence electrons. The maximum Gasteiger partial charge on any atom is 0.262 e. The van der Waals surface area contributed by atoms with Crippen LogP contribution in [-0.2, 0) is 4.79 Å². The van der Waals surface area contributed by atoms with Crippen LogP contribution in [0.3, 0.4) is 0 Å². The minimum absolute atomic E-state index is 0.0458. The van der Waals surface area contributed by atoms with Crippen LogP contribution in [0.1, 0.15) is 16.7 Å². The third kappa shape index (κ3) is 4.98. The SMILES string of the molecule is Cc1cc(C)c(C)c(OCC(=O)Nc2cccc(-c3csc(-c4cccnc4)n3)c2)c1. The molecule has 1 N–H and O–H groups in total. The number of hydrogen-bond acceptors (Lipinski definition) is 5. The molecule has 4 rings (SSSR count). The van der Waals surface area contributed by atoms with E-state index in [1.54, 1.807) is 23.7 Å². The highest BCUT2D eigenvalue weighted by molar-refractivity contribution is 7.13. The van der Waals surface area contributed by atoms with Crippen molar-refractivity contribution in [1.29, 1.82) is 0 Å². The van der Waals surface area contributed by atoms with Crippen molar-refractivity contribution >= 4 is 22.9 Å². The summed E-state index contributed by atoms with van der Waals surface area (Å²) >= 11 is 1.57. The Balaban J connectivity index is 1.43. The van der Waals surface area contributed by atoms with Gasteiger partial charge in [0.1, 0.15) is 10.8 Å². The Morgan fingerprint density at radius 3 is 2.71 bits per heavy atom. The third-order valence-electron chi connectivity index (χ3n) is 4.98. The molecule has 0 saturated heterocycles. The second-order valence-electron chi connectivity index (χ2n) is 7.40. The lowest BCUT2D eigenvalue weighted by molar-refractivity contribution is -0.118. The standard InChI is InChI=1S/C25H23N3O2S/c1-16-10-17(2)18(3)23(11-16)30-14-24(29)27-21-8-4-6-19(12-21)22-15-31-25(28-22)20-7-5-9-26-13-20/h4-13,15H,14H2,1-3H3,(H,27,29). The molecule has 0 radical (unpaired) electrons. The van der Waals surface area contributed by atoms with Crippen molar-refractivity contribution in [2.45, 2.75) is 20.8 Å². The highest BCUT2D eigenvalue weighted by Crippen LogP contribution is 2.29. The van der Waals surface area contributed by atoms with Gasteiger partial charge in [0.05, 0.1) is 5.69 Å². The highest BCUT2D eigenvalue weighted by Gasteiger charge is 2.10. The molecular formula is C25H23N3O2S. The molecule has 6 heteroatoms. The van der Waals surface area contributed by atoms with Gasteiger partial charge in [0.25, 0.3) is 5.91 Å². The normalized spacial score (nSPS) is 10.7. The van der Waals surface area contributed by atoms with Crippen LogP contribution in [0.2, 0.25) is 0 Å². The predicted octanol–water partition coefficient (Wildman–Crippen LogP) is 5.81. The van der Waals surface area contributed by atoms with E-state index in [4.69, 9.17) is 9.72 Å². The average molecular weight is 430 g/mol. The third-order valence-corrected chi connectivity index (χ3v) is 5.87. The van der Waals surface area contributed by atoms with E-state index in [1.807, 2.05) is 68.6 Å². The predicted molar refractivity (Wildman–Crippen MR) is 126 cm³/mol. The van der Waals surface area contributed by atoms with Gasteiger partial charge in [-0.25, -0.2) is 4.98 Å². The molecule has 2 aromatic carbocycles. The number of aryl methyl sites for hydroxylation is 2. The van der Waals surface area contributed by atoms with Gasteiger partial charge in [0.2, 0.25) is 0 Å². The van der Waals surface area contributed by atoms with E-state index < -0.39 is 0 Å². The molecule has 4 aromatic rings. The quantitative estimate of drug-likeness (QED) is 0.420. The minimum atomic E-state index is -0.204. The van der Waals surface area contributed by atoms with E-state index in [1.165, 1.54) is 0 Å². The van der Waals surface area contributed by atoms with Crippen LogP contribution < -0.4 is 10.1 Å². The first-order valence-electron chi connectivity index (χ1n) is 9.96. The number of nitrogens with zero attached hydrogens (tertiary/aromatic N) is 2. The lowest BCUT2D eigenvalue weighted by atomic mass is 10.1. The molecule has 0 aliphatic carbocycles. The molecule has 0 fully saturated rings. The van der Waals surface area contributed by atoms with Crippen LogP contribution in [0.4, 0.5) is 5.69 Å². The summed E-state index contributed by atoms with van der Waals surface area (Å²) in [6.07, 6.45) is 3.55. The maximum atomic E-state index is 12.4. The molecule has 2 aromatic heterocycles. The second-order valence-corrected chi connectivity index (χ2v) is 8.26. The number of carbonyl (C=O) groups is 1. The fourth-order valence-corrected chi connectivity index (χ4v) is 4.10. The van der Waals surface area contributed by atoms with Crippen LogP contribution in [0.25, 0.3) is 21.8 Å². The number of pyridine rings is 1. The van der Waals surface area contributed by atoms with Gasteiger partial charge in [-0.1, -0.05) is 18.2 Å². The van der Waals surface area contributed by atoms with Gasteiger partial charge in [0.15, 0.2) is 6.61 Å². The molecule has 0 saturated carbocycles. The maximum absolute atomic E-state index is 12.4. The van der Waals surface area contributed by atoms with Crippen molar-refractivity contribution in [3.05, 3.63) is 83.0 Å². The molecule has 1 amide bonds. The molecule has 0 bridgehead atoms. The number of aromatic nitrogens is 2. The Labute approximate surface area is 185 Å². The number of amides is 1. The summed E-state index contributed by atoms with van der Waals surface area (Å²) in [7, 11) is 0. The fourth-order valence-electron chi connectivity index (χ4n) is 3.28. The molecule has 0 aliphatic rings. The van der Waals surface area contributed by atoms with Crippen molar-refractivity contribution in [2.24, 2.45) is 0 Å². The topological polar surface area (TPSA) is 64.1 Å². The van der Waals surface area contributed by atoms with Gasteiger partial charge in [-0.3, -0.25) is 9.78 Å². The Morgan fingerprint density at radius 1 is 1.06 bits per heavy atom. The van der Waals surface area contributed by atoms with Crippen molar-refractivity contribution in [2.75, 3.05) is 11.9 Å². The number of nitrogens with one attached hydrogen (secondary N) is 1. The lowest BCUT2D eigenvalue weighted by Crippen LogP contribution is -2.20.